The van der Waals surface area contributed by atoms with Crippen molar-refractivity contribution in [3.63, 3.8) is 0 Å². The highest BCUT2D eigenvalue weighted by Gasteiger charge is 2.37. The number of hydrogen-bond donors (Lipinski definition) is 1. The number of carboxylic acids is 1. The van der Waals surface area contributed by atoms with Gasteiger partial charge in [0.25, 0.3) is 0 Å². The molecule has 0 saturated carbocycles. The summed E-state index contributed by atoms with van der Waals surface area (Å²) in [6.07, 6.45) is 5.56. The number of piperidine rings is 1. The summed E-state index contributed by atoms with van der Waals surface area (Å²) in [6, 6.07) is 0.408. The van der Waals surface area contributed by atoms with Crippen LogP contribution in [0.2, 0.25) is 0 Å². The first-order chi connectivity index (χ1) is 5.79. The van der Waals surface area contributed by atoms with Crippen molar-refractivity contribution >= 4 is 5.97 Å². The van der Waals surface area contributed by atoms with E-state index in [9.17, 15) is 4.79 Å². The van der Waals surface area contributed by atoms with E-state index in [2.05, 4.69) is 4.90 Å². The lowest BCUT2D eigenvalue weighted by atomic mass is 9.97. The summed E-state index contributed by atoms with van der Waals surface area (Å²) in [5, 5.41) is 8.94. The molecule has 3 nitrogen and oxygen atoms in total. The van der Waals surface area contributed by atoms with Crippen molar-refractivity contribution in [3.05, 3.63) is 0 Å². The van der Waals surface area contributed by atoms with E-state index in [-0.39, 0.29) is 6.04 Å². The summed E-state index contributed by atoms with van der Waals surface area (Å²) in [4.78, 5) is 13.0. The van der Waals surface area contributed by atoms with Gasteiger partial charge in [0.05, 0.1) is 0 Å². The summed E-state index contributed by atoms with van der Waals surface area (Å²) in [7, 11) is 0. The van der Waals surface area contributed by atoms with Crippen LogP contribution in [0, 0.1) is 0 Å². The maximum Gasteiger partial charge on any atom is 0.320 e. The summed E-state index contributed by atoms with van der Waals surface area (Å²) >= 11 is 0. The Morgan fingerprint density at radius 2 is 2.00 bits per heavy atom. The summed E-state index contributed by atoms with van der Waals surface area (Å²) in [6.45, 7) is 1.00. The molecular weight excluding hydrogens is 154 g/mol. The molecule has 0 aromatic carbocycles. The fourth-order valence-corrected chi connectivity index (χ4v) is 2.56. The molecule has 2 heterocycles. The van der Waals surface area contributed by atoms with E-state index in [1.807, 2.05) is 0 Å². The van der Waals surface area contributed by atoms with Crippen LogP contribution in [0.1, 0.15) is 32.1 Å². The van der Waals surface area contributed by atoms with Gasteiger partial charge in [-0.25, -0.2) is 0 Å². The van der Waals surface area contributed by atoms with Crippen molar-refractivity contribution in [2.75, 3.05) is 6.54 Å². The van der Waals surface area contributed by atoms with Gasteiger partial charge in [-0.05, 0) is 38.6 Å². The minimum atomic E-state index is -0.624. The molecule has 0 spiro atoms. The SMILES string of the molecule is O=C(O)[C@@H]1CCC[C@@H]2CCCN21. The van der Waals surface area contributed by atoms with Crippen molar-refractivity contribution in [3.8, 4) is 0 Å². The van der Waals surface area contributed by atoms with Crippen LogP contribution in [0.4, 0.5) is 0 Å². The topological polar surface area (TPSA) is 40.5 Å². The molecule has 0 aromatic heterocycles. The van der Waals surface area contributed by atoms with E-state index < -0.39 is 5.97 Å². The number of carbonyl (C=O) groups is 1. The standard InChI is InChI=1S/C9H15NO2/c11-9(12)8-5-1-3-7-4-2-6-10(7)8/h7-8H,1-6H2,(H,11,12)/t7-,8+/m1/s1. The molecule has 2 atom stereocenters. The monoisotopic (exact) mass is 169 g/mol. The molecule has 2 aliphatic rings. The van der Waals surface area contributed by atoms with Crippen LogP contribution >= 0.6 is 0 Å². The number of aliphatic carboxylic acids is 1. The van der Waals surface area contributed by atoms with Crippen LogP contribution in [0.25, 0.3) is 0 Å². The maximum absolute atomic E-state index is 10.9. The molecular formula is C9H15NO2. The molecule has 2 rings (SSSR count). The van der Waals surface area contributed by atoms with Gasteiger partial charge in [-0.1, -0.05) is 0 Å². The molecule has 12 heavy (non-hydrogen) atoms. The first kappa shape index (κ1) is 8.05. The van der Waals surface area contributed by atoms with Gasteiger partial charge in [-0.2, -0.15) is 0 Å². The van der Waals surface area contributed by atoms with E-state index >= 15 is 0 Å². The van der Waals surface area contributed by atoms with Crippen molar-refractivity contribution in [1.29, 1.82) is 0 Å². The normalized spacial score (nSPS) is 36.3. The lowest BCUT2D eigenvalue weighted by molar-refractivity contribution is -0.145. The fraction of sp³-hybridized carbons (Fsp3) is 0.889. The van der Waals surface area contributed by atoms with Crippen molar-refractivity contribution in [2.45, 2.75) is 44.2 Å². The smallest absolute Gasteiger partial charge is 0.320 e. The lowest BCUT2D eigenvalue weighted by Crippen LogP contribution is -2.46. The highest BCUT2D eigenvalue weighted by molar-refractivity contribution is 5.73. The van der Waals surface area contributed by atoms with Crippen molar-refractivity contribution in [2.24, 2.45) is 0 Å². The van der Waals surface area contributed by atoms with Crippen LogP contribution in [0.15, 0.2) is 0 Å². The largest absolute Gasteiger partial charge is 0.480 e. The number of carboxylic acid groups (broad SMARTS) is 1. The zero-order chi connectivity index (χ0) is 8.55. The molecule has 0 bridgehead atoms. The van der Waals surface area contributed by atoms with E-state index in [1.165, 1.54) is 19.3 Å². The van der Waals surface area contributed by atoms with E-state index in [0.717, 1.165) is 19.4 Å². The zero-order valence-electron chi connectivity index (χ0n) is 7.20. The van der Waals surface area contributed by atoms with Gasteiger partial charge >= 0.3 is 5.97 Å². The van der Waals surface area contributed by atoms with Crippen LogP contribution < -0.4 is 0 Å². The quantitative estimate of drug-likeness (QED) is 0.638. The predicted molar refractivity (Wildman–Crippen MR) is 45.0 cm³/mol. The summed E-state index contributed by atoms with van der Waals surface area (Å²) in [5.41, 5.74) is 0. The molecule has 3 heteroatoms. The van der Waals surface area contributed by atoms with E-state index in [1.54, 1.807) is 0 Å². The fourth-order valence-electron chi connectivity index (χ4n) is 2.56. The van der Waals surface area contributed by atoms with Crippen LogP contribution in [-0.4, -0.2) is 34.6 Å². The second-order valence-corrected chi connectivity index (χ2v) is 3.82. The molecule has 0 unspecified atom stereocenters. The molecule has 0 amide bonds. The lowest BCUT2D eigenvalue weighted by Gasteiger charge is -2.34. The first-order valence-corrected chi connectivity index (χ1v) is 4.77. The molecule has 0 radical (unpaired) electrons. The molecule has 2 aliphatic heterocycles. The van der Waals surface area contributed by atoms with Gasteiger partial charge in [0.1, 0.15) is 6.04 Å². The molecule has 1 N–H and O–H groups in total. The maximum atomic E-state index is 10.9. The minimum Gasteiger partial charge on any atom is -0.480 e. The summed E-state index contributed by atoms with van der Waals surface area (Å²) < 4.78 is 0. The van der Waals surface area contributed by atoms with Gasteiger partial charge in [0, 0.05) is 6.04 Å². The average Bonchev–Trinajstić information content (AvgIpc) is 2.49. The van der Waals surface area contributed by atoms with Crippen LogP contribution in [0.5, 0.6) is 0 Å². The highest BCUT2D eigenvalue weighted by atomic mass is 16.4. The van der Waals surface area contributed by atoms with E-state index in [4.69, 9.17) is 5.11 Å². The van der Waals surface area contributed by atoms with E-state index in [0.29, 0.717) is 6.04 Å². The molecule has 68 valence electrons. The first-order valence-electron chi connectivity index (χ1n) is 4.77. The number of rotatable bonds is 1. The van der Waals surface area contributed by atoms with Crippen LogP contribution in [0.3, 0.4) is 0 Å². The van der Waals surface area contributed by atoms with Gasteiger partial charge < -0.3 is 5.11 Å². The average molecular weight is 169 g/mol. The van der Waals surface area contributed by atoms with Gasteiger partial charge in [0.2, 0.25) is 0 Å². The second kappa shape index (κ2) is 3.05. The molecule has 0 aromatic rings. The second-order valence-electron chi connectivity index (χ2n) is 3.82. The van der Waals surface area contributed by atoms with Crippen molar-refractivity contribution < 1.29 is 9.90 Å². The number of hydrogen-bond acceptors (Lipinski definition) is 2. The Morgan fingerprint density at radius 1 is 1.25 bits per heavy atom. The predicted octanol–water partition coefficient (Wildman–Crippen LogP) is 1.09. The Bertz CT molecular complexity index is 193. The number of fused-ring (bicyclic) bond motifs is 1. The zero-order valence-corrected chi connectivity index (χ0v) is 7.20. The molecule has 0 aliphatic carbocycles. The Morgan fingerprint density at radius 3 is 2.75 bits per heavy atom. The Balaban J connectivity index is 2.08. The third-order valence-electron chi connectivity index (χ3n) is 3.12. The highest BCUT2D eigenvalue weighted by Crippen LogP contribution is 2.30. The van der Waals surface area contributed by atoms with Crippen molar-refractivity contribution in [1.82, 2.24) is 4.90 Å². The number of nitrogens with zero attached hydrogens (tertiary/aromatic N) is 1. The van der Waals surface area contributed by atoms with Gasteiger partial charge in [-0.15, -0.1) is 0 Å². The Hall–Kier alpha value is -0.570. The third kappa shape index (κ3) is 1.22. The van der Waals surface area contributed by atoms with Gasteiger partial charge in [0.15, 0.2) is 0 Å². The third-order valence-corrected chi connectivity index (χ3v) is 3.12. The summed E-state index contributed by atoms with van der Waals surface area (Å²) in [5.74, 6) is -0.624. The Kier molecular flexibility index (Phi) is 2.05. The minimum absolute atomic E-state index is 0.175. The van der Waals surface area contributed by atoms with Gasteiger partial charge in [-0.3, -0.25) is 9.69 Å². The van der Waals surface area contributed by atoms with Crippen LogP contribution in [-0.2, 0) is 4.79 Å². The Labute approximate surface area is 72.4 Å². The molecule has 2 fully saturated rings. The molecule has 2 saturated heterocycles.